The largest absolute Gasteiger partial charge is 0.368 e. The molecule has 1 aromatic heterocycles. The quantitative estimate of drug-likeness (QED) is 0.584. The van der Waals surface area contributed by atoms with Gasteiger partial charge < -0.3 is 10.1 Å². The summed E-state index contributed by atoms with van der Waals surface area (Å²) in [5.41, 5.74) is 0. The summed E-state index contributed by atoms with van der Waals surface area (Å²) in [6.07, 6.45) is 4.01. The number of aromatic nitrogens is 3. The van der Waals surface area contributed by atoms with Crippen molar-refractivity contribution in [1.82, 2.24) is 20.1 Å². The maximum Gasteiger partial charge on any atom is 0.255 e. The standard InChI is InChI=1S/C15H25N5O2/c1-4-5-10-22-11(2)14(21)18-15-17-13(19-20(15)3)12-6-8-16-9-7-12/h4,11-12,16H,1,5-10H2,2-3H3,(H,17,18,19,21). The molecule has 1 atom stereocenters. The van der Waals surface area contributed by atoms with Gasteiger partial charge in [-0.3, -0.25) is 10.1 Å². The zero-order valence-electron chi connectivity index (χ0n) is 13.3. The van der Waals surface area contributed by atoms with E-state index in [-0.39, 0.29) is 5.91 Å². The van der Waals surface area contributed by atoms with E-state index >= 15 is 0 Å². The van der Waals surface area contributed by atoms with Crippen molar-refractivity contribution in [2.45, 2.75) is 38.2 Å². The first-order chi connectivity index (χ1) is 10.6. The molecule has 1 unspecified atom stereocenters. The van der Waals surface area contributed by atoms with Gasteiger partial charge in [-0.25, -0.2) is 4.68 Å². The number of carbonyl (C=O) groups excluding carboxylic acids is 1. The molecule has 2 heterocycles. The van der Waals surface area contributed by atoms with Crippen LogP contribution in [-0.2, 0) is 16.6 Å². The number of carbonyl (C=O) groups is 1. The molecule has 0 spiro atoms. The normalized spacial score (nSPS) is 17.2. The second-order valence-electron chi connectivity index (χ2n) is 5.52. The van der Waals surface area contributed by atoms with Gasteiger partial charge in [0, 0.05) is 13.0 Å². The van der Waals surface area contributed by atoms with Crippen molar-refractivity contribution in [2.24, 2.45) is 7.05 Å². The third-order valence-corrected chi connectivity index (χ3v) is 3.78. The van der Waals surface area contributed by atoms with Crippen LogP contribution in [0.5, 0.6) is 0 Å². The molecule has 0 aromatic carbocycles. The van der Waals surface area contributed by atoms with E-state index in [2.05, 4.69) is 27.3 Å². The van der Waals surface area contributed by atoms with Crippen molar-refractivity contribution in [2.75, 3.05) is 25.0 Å². The van der Waals surface area contributed by atoms with E-state index in [0.29, 0.717) is 18.5 Å². The number of amides is 1. The highest BCUT2D eigenvalue weighted by Crippen LogP contribution is 2.23. The predicted octanol–water partition coefficient (Wildman–Crippen LogP) is 1.20. The predicted molar refractivity (Wildman–Crippen MR) is 84.7 cm³/mol. The van der Waals surface area contributed by atoms with Crippen LogP contribution in [-0.4, -0.2) is 46.5 Å². The molecule has 7 nitrogen and oxygen atoms in total. The van der Waals surface area contributed by atoms with Crippen LogP contribution in [0.2, 0.25) is 0 Å². The molecule has 122 valence electrons. The molecule has 22 heavy (non-hydrogen) atoms. The van der Waals surface area contributed by atoms with Gasteiger partial charge in [-0.2, -0.15) is 10.1 Å². The molecule has 1 aliphatic heterocycles. The molecule has 1 fully saturated rings. The fraction of sp³-hybridized carbons (Fsp3) is 0.667. The summed E-state index contributed by atoms with van der Waals surface area (Å²) in [4.78, 5) is 16.6. The number of piperidine rings is 1. The highest BCUT2D eigenvalue weighted by molar-refractivity contribution is 5.92. The fourth-order valence-corrected chi connectivity index (χ4v) is 2.38. The van der Waals surface area contributed by atoms with Crippen LogP contribution in [0.3, 0.4) is 0 Å². The SMILES string of the molecule is C=CCCOC(C)C(=O)Nc1nc(C2CCNCC2)nn1C. The van der Waals surface area contributed by atoms with Crippen molar-refractivity contribution in [3.8, 4) is 0 Å². The molecular weight excluding hydrogens is 282 g/mol. The molecule has 2 rings (SSSR count). The molecule has 0 bridgehead atoms. The van der Waals surface area contributed by atoms with Crippen molar-refractivity contribution in [3.63, 3.8) is 0 Å². The van der Waals surface area contributed by atoms with Crippen LogP contribution >= 0.6 is 0 Å². The van der Waals surface area contributed by atoms with Crippen LogP contribution in [0.15, 0.2) is 12.7 Å². The third kappa shape index (κ3) is 4.38. The Kier molecular flexibility index (Phi) is 6.09. The molecule has 1 aromatic rings. The number of hydrogen-bond donors (Lipinski definition) is 2. The number of ether oxygens (including phenoxy) is 1. The van der Waals surface area contributed by atoms with E-state index in [4.69, 9.17) is 4.74 Å². The Balaban J connectivity index is 1.93. The van der Waals surface area contributed by atoms with Gasteiger partial charge in [0.15, 0.2) is 5.82 Å². The lowest BCUT2D eigenvalue weighted by Crippen LogP contribution is -2.29. The lowest BCUT2D eigenvalue weighted by molar-refractivity contribution is -0.126. The van der Waals surface area contributed by atoms with E-state index in [0.717, 1.165) is 38.2 Å². The minimum atomic E-state index is -0.529. The molecule has 0 radical (unpaired) electrons. The van der Waals surface area contributed by atoms with Crippen molar-refractivity contribution < 1.29 is 9.53 Å². The van der Waals surface area contributed by atoms with Gasteiger partial charge in [0.05, 0.1) is 6.61 Å². The lowest BCUT2D eigenvalue weighted by atomic mass is 9.98. The van der Waals surface area contributed by atoms with Crippen LogP contribution in [0.4, 0.5) is 5.95 Å². The summed E-state index contributed by atoms with van der Waals surface area (Å²) < 4.78 is 7.05. The van der Waals surface area contributed by atoms with E-state index in [9.17, 15) is 4.79 Å². The highest BCUT2D eigenvalue weighted by atomic mass is 16.5. The van der Waals surface area contributed by atoms with Crippen LogP contribution in [0, 0.1) is 0 Å². The van der Waals surface area contributed by atoms with Crippen molar-refractivity contribution in [1.29, 1.82) is 0 Å². The Hall–Kier alpha value is -1.73. The van der Waals surface area contributed by atoms with E-state index < -0.39 is 6.10 Å². The van der Waals surface area contributed by atoms with Crippen LogP contribution in [0.1, 0.15) is 37.9 Å². The monoisotopic (exact) mass is 307 g/mol. The zero-order valence-corrected chi connectivity index (χ0v) is 13.3. The van der Waals surface area contributed by atoms with Gasteiger partial charge in [-0.1, -0.05) is 6.08 Å². The second-order valence-corrected chi connectivity index (χ2v) is 5.52. The van der Waals surface area contributed by atoms with E-state index in [1.807, 2.05) is 0 Å². The average molecular weight is 307 g/mol. The molecule has 2 N–H and O–H groups in total. The fourth-order valence-electron chi connectivity index (χ4n) is 2.38. The zero-order chi connectivity index (χ0) is 15.9. The maximum atomic E-state index is 12.1. The minimum Gasteiger partial charge on any atom is -0.368 e. The highest BCUT2D eigenvalue weighted by Gasteiger charge is 2.22. The smallest absolute Gasteiger partial charge is 0.255 e. The minimum absolute atomic E-state index is 0.212. The number of rotatable bonds is 7. The summed E-state index contributed by atoms with van der Waals surface area (Å²) in [6.45, 7) is 7.80. The molecule has 0 aliphatic carbocycles. The van der Waals surface area contributed by atoms with Gasteiger partial charge in [-0.15, -0.1) is 6.58 Å². The Morgan fingerprint density at radius 1 is 1.59 bits per heavy atom. The first-order valence-corrected chi connectivity index (χ1v) is 7.76. The number of nitrogens with one attached hydrogen (secondary N) is 2. The first-order valence-electron chi connectivity index (χ1n) is 7.76. The summed E-state index contributed by atoms with van der Waals surface area (Å²) >= 11 is 0. The van der Waals surface area contributed by atoms with Gasteiger partial charge in [-0.05, 0) is 39.3 Å². The maximum absolute atomic E-state index is 12.1. The van der Waals surface area contributed by atoms with Gasteiger partial charge >= 0.3 is 0 Å². The van der Waals surface area contributed by atoms with E-state index in [1.165, 1.54) is 0 Å². The third-order valence-electron chi connectivity index (χ3n) is 3.78. The van der Waals surface area contributed by atoms with Crippen LogP contribution < -0.4 is 10.6 Å². The topological polar surface area (TPSA) is 81.1 Å². The second kappa shape index (κ2) is 8.05. The molecule has 1 aliphatic rings. The summed E-state index contributed by atoms with van der Waals surface area (Å²) in [5.74, 6) is 1.42. The Labute approximate surface area is 131 Å². The summed E-state index contributed by atoms with van der Waals surface area (Å²) in [6, 6.07) is 0. The lowest BCUT2D eigenvalue weighted by Gasteiger charge is -2.19. The average Bonchev–Trinajstić information content (AvgIpc) is 2.89. The van der Waals surface area contributed by atoms with Crippen molar-refractivity contribution in [3.05, 3.63) is 18.5 Å². The summed E-state index contributed by atoms with van der Waals surface area (Å²) in [7, 11) is 1.79. The first kappa shape index (κ1) is 16.6. The number of aryl methyl sites for hydroxylation is 1. The van der Waals surface area contributed by atoms with E-state index in [1.54, 1.807) is 24.7 Å². The summed E-state index contributed by atoms with van der Waals surface area (Å²) in [5, 5.41) is 10.5. The van der Waals surface area contributed by atoms with Gasteiger partial charge in [0.2, 0.25) is 5.95 Å². The number of nitrogens with zero attached hydrogens (tertiary/aromatic N) is 3. The Morgan fingerprint density at radius 2 is 2.32 bits per heavy atom. The molecule has 1 saturated heterocycles. The van der Waals surface area contributed by atoms with Crippen LogP contribution in [0.25, 0.3) is 0 Å². The molecule has 7 heteroatoms. The van der Waals surface area contributed by atoms with Gasteiger partial charge in [0.1, 0.15) is 6.10 Å². The number of hydrogen-bond acceptors (Lipinski definition) is 5. The Morgan fingerprint density at radius 3 is 3.00 bits per heavy atom. The molecule has 1 amide bonds. The molecule has 0 saturated carbocycles. The molecular formula is C15H25N5O2. The Bertz CT molecular complexity index is 508. The van der Waals surface area contributed by atoms with Gasteiger partial charge in [0.25, 0.3) is 5.91 Å². The number of anilines is 1. The van der Waals surface area contributed by atoms with Crippen molar-refractivity contribution >= 4 is 11.9 Å².